The molecule has 0 amide bonds. The summed E-state index contributed by atoms with van der Waals surface area (Å²) in [5.41, 5.74) is 3.37. The minimum Gasteiger partial charge on any atom is -0.478 e. The lowest BCUT2D eigenvalue weighted by molar-refractivity contribution is 0.0695. The van der Waals surface area contributed by atoms with Gasteiger partial charge in [-0.3, -0.25) is 4.90 Å². The number of aryl methyl sites for hydroxylation is 1. The second-order valence-electron chi connectivity index (χ2n) is 6.03. The quantitative estimate of drug-likeness (QED) is 0.758. The average Bonchev–Trinajstić information content (AvgIpc) is 2.89. The molecule has 0 saturated heterocycles. The fourth-order valence-electron chi connectivity index (χ4n) is 2.92. The maximum Gasteiger partial charge on any atom is 0.335 e. The first-order valence-electron chi connectivity index (χ1n) is 7.96. The summed E-state index contributed by atoms with van der Waals surface area (Å²) in [5.74, 6) is 0.133. The van der Waals surface area contributed by atoms with Crippen LogP contribution in [0.3, 0.4) is 0 Å². The van der Waals surface area contributed by atoms with Crippen LogP contribution >= 0.6 is 0 Å². The zero-order valence-electron chi connectivity index (χ0n) is 13.9. The van der Waals surface area contributed by atoms with Gasteiger partial charge in [0.1, 0.15) is 5.82 Å². The van der Waals surface area contributed by atoms with E-state index in [1.54, 1.807) is 12.1 Å². The average molecular weight is 323 g/mol. The molecular formula is C19H21N3O2. The Labute approximate surface area is 141 Å². The zero-order chi connectivity index (χ0) is 17.1. The molecule has 5 nitrogen and oxygen atoms in total. The van der Waals surface area contributed by atoms with Crippen LogP contribution in [0.2, 0.25) is 0 Å². The summed E-state index contributed by atoms with van der Waals surface area (Å²) < 4.78 is 2.11. The summed E-state index contributed by atoms with van der Waals surface area (Å²) in [6, 6.07) is 15.3. The van der Waals surface area contributed by atoms with E-state index in [1.807, 2.05) is 44.4 Å². The van der Waals surface area contributed by atoms with Crippen LogP contribution in [0.1, 0.15) is 21.7 Å². The SMILES string of the molecule is CN(CCc1ccccc1C(=O)O)Cc1nc2ccccc2n1C. The molecule has 124 valence electrons. The molecule has 0 atom stereocenters. The van der Waals surface area contributed by atoms with Crippen LogP contribution in [-0.2, 0) is 20.0 Å². The smallest absolute Gasteiger partial charge is 0.335 e. The molecule has 5 heteroatoms. The number of nitrogens with zero attached hydrogens (tertiary/aromatic N) is 3. The fourth-order valence-corrected chi connectivity index (χ4v) is 2.92. The van der Waals surface area contributed by atoms with Crippen LogP contribution < -0.4 is 0 Å². The predicted octanol–water partition coefficient (Wildman–Crippen LogP) is 2.95. The largest absolute Gasteiger partial charge is 0.478 e. The molecule has 0 saturated carbocycles. The summed E-state index contributed by atoms with van der Waals surface area (Å²) in [7, 11) is 4.06. The molecule has 0 aliphatic heterocycles. The van der Waals surface area contributed by atoms with E-state index in [9.17, 15) is 9.90 Å². The van der Waals surface area contributed by atoms with Gasteiger partial charge in [0.05, 0.1) is 23.1 Å². The topological polar surface area (TPSA) is 58.4 Å². The van der Waals surface area contributed by atoms with E-state index in [0.717, 1.165) is 35.5 Å². The molecule has 0 fully saturated rings. The van der Waals surface area contributed by atoms with Gasteiger partial charge in [-0.2, -0.15) is 0 Å². The maximum absolute atomic E-state index is 11.3. The highest BCUT2D eigenvalue weighted by atomic mass is 16.4. The molecule has 3 aromatic rings. The Hall–Kier alpha value is -2.66. The Morgan fingerprint density at radius 1 is 1.17 bits per heavy atom. The first-order chi connectivity index (χ1) is 11.6. The molecule has 1 N–H and O–H groups in total. The number of likely N-dealkylation sites (N-methyl/N-ethyl adjacent to an activating group) is 1. The standard InChI is InChI=1S/C19H21N3O2/c1-21(12-11-14-7-3-4-8-15(14)19(23)24)13-18-20-16-9-5-6-10-17(16)22(18)2/h3-10H,11-13H2,1-2H3,(H,23,24). The summed E-state index contributed by atoms with van der Waals surface area (Å²) in [4.78, 5) is 18.1. The van der Waals surface area contributed by atoms with Crippen molar-refractivity contribution in [1.82, 2.24) is 14.5 Å². The molecule has 0 unspecified atom stereocenters. The summed E-state index contributed by atoms with van der Waals surface area (Å²) in [5, 5.41) is 9.26. The van der Waals surface area contributed by atoms with Crippen LogP contribution in [0.4, 0.5) is 0 Å². The zero-order valence-corrected chi connectivity index (χ0v) is 13.9. The second kappa shape index (κ2) is 6.84. The normalized spacial score (nSPS) is 11.3. The van der Waals surface area contributed by atoms with Crippen molar-refractivity contribution in [2.45, 2.75) is 13.0 Å². The number of para-hydroxylation sites is 2. The van der Waals surface area contributed by atoms with Crippen LogP contribution in [0.25, 0.3) is 11.0 Å². The van der Waals surface area contributed by atoms with Gasteiger partial charge in [0.2, 0.25) is 0 Å². The maximum atomic E-state index is 11.3. The lowest BCUT2D eigenvalue weighted by Crippen LogP contribution is -2.23. The Morgan fingerprint density at radius 3 is 2.62 bits per heavy atom. The van der Waals surface area contributed by atoms with Gasteiger partial charge < -0.3 is 9.67 Å². The molecule has 0 aliphatic carbocycles. The first-order valence-corrected chi connectivity index (χ1v) is 7.96. The molecule has 0 radical (unpaired) electrons. The number of aromatic carboxylic acids is 1. The third kappa shape index (κ3) is 3.31. The number of rotatable bonds is 6. The molecular weight excluding hydrogens is 302 g/mol. The first kappa shape index (κ1) is 16.2. The van der Waals surface area contributed by atoms with Gasteiger partial charge in [-0.1, -0.05) is 30.3 Å². The number of fused-ring (bicyclic) bond motifs is 1. The Bertz CT molecular complexity index is 870. The fraction of sp³-hybridized carbons (Fsp3) is 0.263. The number of hydrogen-bond donors (Lipinski definition) is 1. The molecule has 0 spiro atoms. The van der Waals surface area contributed by atoms with E-state index in [-0.39, 0.29) is 0 Å². The van der Waals surface area contributed by atoms with Gasteiger partial charge in [-0.05, 0) is 37.2 Å². The van der Waals surface area contributed by atoms with Crippen molar-refractivity contribution in [3.63, 3.8) is 0 Å². The van der Waals surface area contributed by atoms with Crippen molar-refractivity contribution in [2.24, 2.45) is 7.05 Å². The van der Waals surface area contributed by atoms with Gasteiger partial charge in [-0.15, -0.1) is 0 Å². The Morgan fingerprint density at radius 2 is 1.88 bits per heavy atom. The number of carbonyl (C=O) groups is 1. The minimum absolute atomic E-state index is 0.383. The van der Waals surface area contributed by atoms with Gasteiger partial charge in [0.25, 0.3) is 0 Å². The van der Waals surface area contributed by atoms with E-state index in [4.69, 9.17) is 0 Å². The third-order valence-electron chi connectivity index (χ3n) is 4.30. The summed E-state index contributed by atoms with van der Waals surface area (Å²) in [6.45, 7) is 1.49. The van der Waals surface area contributed by atoms with Crippen molar-refractivity contribution in [2.75, 3.05) is 13.6 Å². The van der Waals surface area contributed by atoms with Gasteiger partial charge in [-0.25, -0.2) is 9.78 Å². The number of imidazole rings is 1. The molecule has 3 rings (SSSR count). The second-order valence-corrected chi connectivity index (χ2v) is 6.03. The van der Waals surface area contributed by atoms with Crippen LogP contribution in [0.15, 0.2) is 48.5 Å². The lowest BCUT2D eigenvalue weighted by Gasteiger charge is -2.17. The van der Waals surface area contributed by atoms with Crippen molar-refractivity contribution in [1.29, 1.82) is 0 Å². The van der Waals surface area contributed by atoms with Crippen molar-refractivity contribution in [3.8, 4) is 0 Å². The van der Waals surface area contributed by atoms with Crippen LogP contribution in [-0.4, -0.2) is 39.1 Å². The molecule has 0 aliphatic rings. The van der Waals surface area contributed by atoms with E-state index in [2.05, 4.69) is 20.5 Å². The molecule has 1 aromatic heterocycles. The molecule has 2 aromatic carbocycles. The van der Waals surface area contributed by atoms with Gasteiger partial charge >= 0.3 is 5.97 Å². The third-order valence-corrected chi connectivity index (χ3v) is 4.30. The van der Waals surface area contributed by atoms with E-state index < -0.39 is 5.97 Å². The lowest BCUT2D eigenvalue weighted by atomic mass is 10.0. The molecule has 1 heterocycles. The Kier molecular flexibility index (Phi) is 4.62. The highest BCUT2D eigenvalue weighted by Crippen LogP contribution is 2.16. The van der Waals surface area contributed by atoms with Crippen LogP contribution in [0.5, 0.6) is 0 Å². The number of carboxylic acid groups (broad SMARTS) is 1. The molecule has 24 heavy (non-hydrogen) atoms. The van der Waals surface area contributed by atoms with E-state index in [0.29, 0.717) is 12.0 Å². The van der Waals surface area contributed by atoms with Gasteiger partial charge in [0, 0.05) is 13.6 Å². The van der Waals surface area contributed by atoms with Gasteiger partial charge in [0.15, 0.2) is 0 Å². The monoisotopic (exact) mass is 323 g/mol. The number of aromatic nitrogens is 2. The van der Waals surface area contributed by atoms with Crippen molar-refractivity contribution >= 4 is 17.0 Å². The van der Waals surface area contributed by atoms with Crippen molar-refractivity contribution < 1.29 is 9.90 Å². The van der Waals surface area contributed by atoms with Crippen molar-refractivity contribution in [3.05, 3.63) is 65.5 Å². The summed E-state index contributed by atoms with van der Waals surface area (Å²) >= 11 is 0. The number of benzene rings is 2. The molecule has 0 bridgehead atoms. The highest BCUT2D eigenvalue weighted by Gasteiger charge is 2.12. The number of carboxylic acids is 1. The van der Waals surface area contributed by atoms with Crippen LogP contribution in [0, 0.1) is 0 Å². The van der Waals surface area contributed by atoms with E-state index >= 15 is 0 Å². The summed E-state index contributed by atoms with van der Waals surface area (Å²) in [6.07, 6.45) is 0.697. The highest BCUT2D eigenvalue weighted by molar-refractivity contribution is 5.89. The Balaban J connectivity index is 1.68. The van der Waals surface area contributed by atoms with E-state index in [1.165, 1.54) is 0 Å². The predicted molar refractivity (Wildman–Crippen MR) is 94.2 cm³/mol. The number of hydrogen-bond acceptors (Lipinski definition) is 3. The minimum atomic E-state index is -0.872.